The van der Waals surface area contributed by atoms with Gasteiger partial charge in [0.1, 0.15) is 0 Å². The van der Waals surface area contributed by atoms with Gasteiger partial charge in [0.2, 0.25) is 0 Å². The average molecular weight is 131 g/mol. The van der Waals surface area contributed by atoms with Gasteiger partial charge in [-0.3, -0.25) is 0 Å². The van der Waals surface area contributed by atoms with Crippen molar-refractivity contribution in [1.29, 1.82) is 0 Å². The predicted octanol–water partition coefficient (Wildman–Crippen LogP) is 1.74. The van der Waals surface area contributed by atoms with E-state index in [0.29, 0.717) is 0 Å². The van der Waals surface area contributed by atoms with Crippen LogP contribution in [0.25, 0.3) is 0 Å². The zero-order chi connectivity index (χ0) is 7.11. The van der Waals surface area contributed by atoms with Crippen molar-refractivity contribution in [3.8, 4) is 0 Å². The summed E-state index contributed by atoms with van der Waals surface area (Å²) in [5.74, 6) is 0. The van der Waals surface area contributed by atoms with Gasteiger partial charge in [-0.1, -0.05) is 18.5 Å². The smallest absolute Gasteiger partial charge is 0.0856 e. The fourth-order valence-corrected chi connectivity index (χ4v) is 0.508. The van der Waals surface area contributed by atoms with Crippen LogP contribution in [0.5, 0.6) is 0 Å². The molecular formula is C6H13NO2. The molecule has 0 aromatic carbocycles. The molecule has 0 N–H and O–H groups in total. The molecule has 3 heteroatoms. The monoisotopic (exact) mass is 131 g/mol. The minimum Gasteiger partial charge on any atom is -0.221 e. The molecule has 0 aromatic heterocycles. The molecule has 3 nitrogen and oxygen atoms in total. The Morgan fingerprint density at radius 3 is 2.67 bits per heavy atom. The molecule has 0 rings (SSSR count). The maximum absolute atomic E-state index is 4.34. The first-order valence-electron chi connectivity index (χ1n) is 3.04. The number of rotatable bonds is 4. The molecule has 0 aliphatic carbocycles. The number of hydrogen-bond acceptors (Lipinski definition) is 3. The molecule has 0 spiro atoms. The molecule has 0 amide bonds. The van der Waals surface area contributed by atoms with Gasteiger partial charge in [0.05, 0.1) is 12.8 Å². The molecule has 54 valence electrons. The molecule has 0 bridgehead atoms. The summed E-state index contributed by atoms with van der Waals surface area (Å²) in [7, 11) is 1.43. The van der Waals surface area contributed by atoms with Crippen LogP contribution in [-0.4, -0.2) is 12.8 Å². The van der Waals surface area contributed by atoms with Gasteiger partial charge in [-0.05, 0) is 13.3 Å². The number of oxime groups is 1. The van der Waals surface area contributed by atoms with E-state index < -0.39 is 0 Å². The summed E-state index contributed by atoms with van der Waals surface area (Å²) in [5, 5.41) is 3.63. The molecule has 9 heavy (non-hydrogen) atoms. The summed E-state index contributed by atoms with van der Waals surface area (Å²) in [6.45, 7) is 3.99. The lowest BCUT2D eigenvalue weighted by Crippen LogP contribution is -1.91. The summed E-state index contributed by atoms with van der Waals surface area (Å²) in [5.41, 5.74) is 0.958. The summed E-state index contributed by atoms with van der Waals surface area (Å²) in [4.78, 5) is 8.61. The van der Waals surface area contributed by atoms with Gasteiger partial charge in [0.15, 0.2) is 0 Å². The van der Waals surface area contributed by atoms with Gasteiger partial charge in [-0.25, -0.2) is 4.99 Å². The maximum atomic E-state index is 4.34. The van der Waals surface area contributed by atoms with E-state index in [-0.39, 0.29) is 0 Å². The van der Waals surface area contributed by atoms with Gasteiger partial charge < -0.3 is 0 Å². The maximum Gasteiger partial charge on any atom is 0.0856 e. The minimum atomic E-state index is 0.958. The van der Waals surface area contributed by atoms with Crippen molar-refractivity contribution in [3.05, 3.63) is 0 Å². The van der Waals surface area contributed by atoms with E-state index >= 15 is 0 Å². The summed E-state index contributed by atoms with van der Waals surface area (Å²) in [6, 6.07) is 0. The van der Waals surface area contributed by atoms with Gasteiger partial charge >= 0.3 is 0 Å². The van der Waals surface area contributed by atoms with Gasteiger partial charge in [0.25, 0.3) is 0 Å². The lowest BCUT2D eigenvalue weighted by Gasteiger charge is -1.93. The Morgan fingerprint density at radius 1 is 1.56 bits per heavy atom. The van der Waals surface area contributed by atoms with E-state index in [0.717, 1.165) is 18.6 Å². The fraction of sp³-hybridized carbons (Fsp3) is 0.833. The molecule has 0 aliphatic rings. The Labute approximate surface area is 55.6 Å². The van der Waals surface area contributed by atoms with Crippen LogP contribution in [0.1, 0.15) is 26.7 Å². The normalized spacial score (nSPS) is 11.7. The highest BCUT2D eigenvalue weighted by Crippen LogP contribution is 1.91. The SMILES string of the molecule is CCCC(C)=NOOC. The van der Waals surface area contributed by atoms with Crippen LogP contribution < -0.4 is 0 Å². The molecule has 0 fully saturated rings. The molecule has 0 saturated carbocycles. The Hall–Kier alpha value is -0.570. The zero-order valence-corrected chi connectivity index (χ0v) is 6.18. The van der Waals surface area contributed by atoms with Crippen molar-refractivity contribution in [2.75, 3.05) is 7.11 Å². The Balaban J connectivity index is 3.30. The van der Waals surface area contributed by atoms with Crippen LogP contribution in [0.3, 0.4) is 0 Å². The van der Waals surface area contributed by atoms with Crippen molar-refractivity contribution in [1.82, 2.24) is 0 Å². The predicted molar refractivity (Wildman–Crippen MR) is 36.1 cm³/mol. The van der Waals surface area contributed by atoms with Crippen molar-refractivity contribution in [3.63, 3.8) is 0 Å². The average Bonchev–Trinajstić information content (AvgIpc) is 1.85. The third kappa shape index (κ3) is 5.30. The fourth-order valence-electron chi connectivity index (χ4n) is 0.508. The highest BCUT2D eigenvalue weighted by atomic mass is 17.3. The Kier molecular flexibility index (Phi) is 5.21. The third-order valence-electron chi connectivity index (χ3n) is 0.879. The van der Waals surface area contributed by atoms with Crippen molar-refractivity contribution in [2.24, 2.45) is 5.16 Å². The molecule has 0 aromatic rings. The molecule has 0 atom stereocenters. The van der Waals surface area contributed by atoms with E-state index in [1.54, 1.807) is 0 Å². The number of hydrogen-bond donors (Lipinski definition) is 0. The first kappa shape index (κ1) is 8.43. The highest BCUT2D eigenvalue weighted by Gasteiger charge is 1.87. The standard InChI is InChI=1S/C6H13NO2/c1-4-5-6(2)7-9-8-3/h4-5H2,1-3H3. The van der Waals surface area contributed by atoms with Crippen LogP contribution >= 0.6 is 0 Å². The Bertz CT molecular complexity index is 91.1. The van der Waals surface area contributed by atoms with Crippen LogP contribution in [0.2, 0.25) is 0 Å². The summed E-state index contributed by atoms with van der Waals surface area (Å²) < 4.78 is 0. The molecular weight excluding hydrogens is 118 g/mol. The summed E-state index contributed by atoms with van der Waals surface area (Å²) in [6.07, 6.45) is 2.05. The zero-order valence-electron chi connectivity index (χ0n) is 6.18. The van der Waals surface area contributed by atoms with Gasteiger partial charge in [0, 0.05) is 0 Å². The molecule has 0 unspecified atom stereocenters. The van der Waals surface area contributed by atoms with E-state index in [2.05, 4.69) is 22.0 Å². The number of nitrogens with zero attached hydrogens (tertiary/aromatic N) is 1. The van der Waals surface area contributed by atoms with Crippen LogP contribution in [0.15, 0.2) is 5.16 Å². The van der Waals surface area contributed by atoms with E-state index in [9.17, 15) is 0 Å². The highest BCUT2D eigenvalue weighted by molar-refractivity contribution is 5.81. The molecule has 0 saturated heterocycles. The first-order chi connectivity index (χ1) is 4.31. The van der Waals surface area contributed by atoms with Crippen molar-refractivity contribution < 1.29 is 9.88 Å². The second kappa shape index (κ2) is 5.56. The van der Waals surface area contributed by atoms with Gasteiger partial charge in [-0.15, -0.1) is 0 Å². The van der Waals surface area contributed by atoms with Crippen LogP contribution in [-0.2, 0) is 9.88 Å². The minimum absolute atomic E-state index is 0.958. The van der Waals surface area contributed by atoms with E-state index in [4.69, 9.17) is 0 Å². The van der Waals surface area contributed by atoms with Crippen LogP contribution in [0.4, 0.5) is 0 Å². The van der Waals surface area contributed by atoms with Crippen molar-refractivity contribution >= 4 is 5.71 Å². The third-order valence-corrected chi connectivity index (χ3v) is 0.879. The second-order valence-electron chi connectivity index (χ2n) is 1.82. The molecule has 0 aliphatic heterocycles. The first-order valence-corrected chi connectivity index (χ1v) is 3.04. The quantitative estimate of drug-likeness (QED) is 0.330. The van der Waals surface area contributed by atoms with E-state index in [1.165, 1.54) is 7.11 Å². The lowest BCUT2D eigenvalue weighted by molar-refractivity contribution is -0.273. The second-order valence-corrected chi connectivity index (χ2v) is 1.82. The summed E-state index contributed by atoms with van der Waals surface area (Å²) >= 11 is 0. The lowest BCUT2D eigenvalue weighted by atomic mass is 10.2. The Morgan fingerprint density at radius 2 is 2.22 bits per heavy atom. The molecule has 0 radical (unpaired) electrons. The molecule has 0 heterocycles. The van der Waals surface area contributed by atoms with Crippen molar-refractivity contribution in [2.45, 2.75) is 26.7 Å². The van der Waals surface area contributed by atoms with E-state index in [1.807, 2.05) is 6.92 Å². The van der Waals surface area contributed by atoms with Gasteiger partial charge in [-0.2, -0.15) is 4.89 Å². The largest absolute Gasteiger partial charge is 0.221 e. The topological polar surface area (TPSA) is 30.8 Å². The van der Waals surface area contributed by atoms with Crippen LogP contribution in [0, 0.1) is 0 Å².